The molecule has 3 N–H and O–H groups in total. The van der Waals surface area contributed by atoms with Crippen molar-refractivity contribution in [1.29, 1.82) is 0 Å². The summed E-state index contributed by atoms with van der Waals surface area (Å²) in [4.78, 5) is 8.63. The smallest absolute Gasteiger partial charge is 0.126 e. The fourth-order valence-electron chi connectivity index (χ4n) is 1.48. The Hall–Kier alpha value is -1.62. The summed E-state index contributed by atoms with van der Waals surface area (Å²) in [5, 5.41) is 6.50. The van der Waals surface area contributed by atoms with Gasteiger partial charge in [0.25, 0.3) is 0 Å². The van der Waals surface area contributed by atoms with E-state index in [9.17, 15) is 0 Å². The minimum absolute atomic E-state index is 0.728. The summed E-state index contributed by atoms with van der Waals surface area (Å²) in [6.07, 6.45) is 2.61. The number of nitrogens with two attached hydrogens (primary N) is 1. The van der Waals surface area contributed by atoms with Crippen LogP contribution in [-0.2, 0) is 6.42 Å². The molecule has 0 amide bonds. The lowest BCUT2D eigenvalue weighted by Crippen LogP contribution is -2.06. The Morgan fingerprint density at radius 3 is 2.88 bits per heavy atom. The molecule has 17 heavy (non-hydrogen) atoms. The highest BCUT2D eigenvalue weighted by Crippen LogP contribution is 2.13. The van der Waals surface area contributed by atoms with Crippen LogP contribution >= 0.6 is 11.3 Å². The Kier molecular flexibility index (Phi) is 3.58. The summed E-state index contributed by atoms with van der Waals surface area (Å²) in [6, 6.07) is 1.96. The Labute approximate surface area is 105 Å². The van der Waals surface area contributed by atoms with E-state index in [0.717, 1.165) is 40.7 Å². The molecule has 90 valence electrons. The molecule has 2 rings (SSSR count). The molecule has 0 radical (unpaired) electrons. The SMILES string of the molecule is Cc1csc(CCNc2cc(C)c(N)cn2)n1. The number of aryl methyl sites for hydroxylation is 2. The maximum Gasteiger partial charge on any atom is 0.126 e. The summed E-state index contributed by atoms with van der Waals surface area (Å²) in [7, 11) is 0. The number of anilines is 2. The minimum atomic E-state index is 0.728. The normalized spacial score (nSPS) is 10.5. The average Bonchev–Trinajstić information content (AvgIpc) is 2.70. The third kappa shape index (κ3) is 3.17. The third-order valence-corrected chi connectivity index (χ3v) is 3.49. The number of nitrogen functional groups attached to an aromatic ring is 1. The molecule has 0 atom stereocenters. The first-order chi connectivity index (χ1) is 8.15. The van der Waals surface area contributed by atoms with Gasteiger partial charge in [-0.2, -0.15) is 0 Å². The fraction of sp³-hybridized carbons (Fsp3) is 0.333. The zero-order chi connectivity index (χ0) is 12.3. The molecule has 0 unspecified atom stereocenters. The fourth-order valence-corrected chi connectivity index (χ4v) is 2.25. The van der Waals surface area contributed by atoms with Crippen LogP contribution < -0.4 is 11.1 Å². The van der Waals surface area contributed by atoms with Crippen LogP contribution in [0, 0.1) is 13.8 Å². The first-order valence-corrected chi connectivity index (χ1v) is 6.40. The second-order valence-corrected chi connectivity index (χ2v) is 4.93. The van der Waals surface area contributed by atoms with Crippen molar-refractivity contribution in [2.75, 3.05) is 17.6 Å². The van der Waals surface area contributed by atoms with Crippen LogP contribution in [0.15, 0.2) is 17.6 Å². The van der Waals surface area contributed by atoms with Gasteiger partial charge in [-0.1, -0.05) is 0 Å². The third-order valence-electron chi connectivity index (χ3n) is 2.46. The molecule has 0 aliphatic carbocycles. The standard InChI is InChI=1S/C12H16N4S/c1-8-5-11(15-6-10(8)13)14-4-3-12-16-9(2)7-17-12/h5-7H,3-4,13H2,1-2H3,(H,14,15). The van der Waals surface area contributed by atoms with Crippen molar-refractivity contribution >= 4 is 22.8 Å². The predicted molar refractivity (Wildman–Crippen MR) is 72.4 cm³/mol. The second kappa shape index (κ2) is 5.14. The van der Waals surface area contributed by atoms with Gasteiger partial charge in [0.15, 0.2) is 0 Å². The van der Waals surface area contributed by atoms with Gasteiger partial charge in [0.1, 0.15) is 5.82 Å². The Morgan fingerprint density at radius 1 is 1.41 bits per heavy atom. The highest BCUT2D eigenvalue weighted by atomic mass is 32.1. The van der Waals surface area contributed by atoms with Crippen molar-refractivity contribution in [3.05, 3.63) is 33.9 Å². The molecule has 2 heterocycles. The molecule has 2 aromatic rings. The number of pyridine rings is 1. The summed E-state index contributed by atoms with van der Waals surface area (Å²) < 4.78 is 0. The van der Waals surface area contributed by atoms with Gasteiger partial charge in [-0.15, -0.1) is 11.3 Å². The molecule has 0 aliphatic rings. The average molecular weight is 248 g/mol. The molecule has 0 bridgehead atoms. The van der Waals surface area contributed by atoms with Crippen LogP contribution in [0.25, 0.3) is 0 Å². The molecular formula is C12H16N4S. The molecule has 4 nitrogen and oxygen atoms in total. The Bertz CT molecular complexity index is 507. The van der Waals surface area contributed by atoms with Gasteiger partial charge in [-0.25, -0.2) is 9.97 Å². The van der Waals surface area contributed by atoms with Gasteiger partial charge in [-0.3, -0.25) is 0 Å². The molecule has 2 aromatic heterocycles. The van der Waals surface area contributed by atoms with Gasteiger partial charge in [0.2, 0.25) is 0 Å². The number of hydrogen-bond acceptors (Lipinski definition) is 5. The van der Waals surface area contributed by atoms with Crippen LogP contribution in [0.4, 0.5) is 11.5 Å². The van der Waals surface area contributed by atoms with E-state index in [0.29, 0.717) is 0 Å². The minimum Gasteiger partial charge on any atom is -0.397 e. The molecule has 0 aliphatic heterocycles. The highest BCUT2D eigenvalue weighted by Gasteiger charge is 2.00. The van der Waals surface area contributed by atoms with E-state index in [2.05, 4.69) is 20.7 Å². The van der Waals surface area contributed by atoms with Crippen LogP contribution in [0.2, 0.25) is 0 Å². The molecule has 5 heteroatoms. The van der Waals surface area contributed by atoms with Crippen LogP contribution in [-0.4, -0.2) is 16.5 Å². The molecule has 0 saturated heterocycles. The van der Waals surface area contributed by atoms with E-state index in [1.54, 1.807) is 17.5 Å². The van der Waals surface area contributed by atoms with Crippen molar-refractivity contribution in [2.45, 2.75) is 20.3 Å². The van der Waals surface area contributed by atoms with E-state index >= 15 is 0 Å². The van der Waals surface area contributed by atoms with Crippen LogP contribution in [0.1, 0.15) is 16.3 Å². The van der Waals surface area contributed by atoms with E-state index in [1.165, 1.54) is 0 Å². The quantitative estimate of drug-likeness (QED) is 0.872. The molecular weight excluding hydrogens is 232 g/mol. The Balaban J connectivity index is 1.87. The maximum atomic E-state index is 5.71. The summed E-state index contributed by atoms with van der Waals surface area (Å²) in [6.45, 7) is 4.83. The van der Waals surface area contributed by atoms with E-state index in [1.807, 2.05) is 19.9 Å². The highest BCUT2D eigenvalue weighted by molar-refractivity contribution is 7.09. The largest absolute Gasteiger partial charge is 0.397 e. The van der Waals surface area contributed by atoms with E-state index in [-0.39, 0.29) is 0 Å². The van der Waals surface area contributed by atoms with Crippen molar-refractivity contribution in [3.63, 3.8) is 0 Å². The molecule has 0 fully saturated rings. The van der Waals surface area contributed by atoms with Crippen molar-refractivity contribution in [2.24, 2.45) is 0 Å². The first-order valence-electron chi connectivity index (χ1n) is 5.52. The van der Waals surface area contributed by atoms with Crippen LogP contribution in [0.3, 0.4) is 0 Å². The summed E-state index contributed by atoms with van der Waals surface area (Å²) >= 11 is 1.70. The predicted octanol–water partition coefficient (Wildman–Crippen LogP) is 2.39. The summed E-state index contributed by atoms with van der Waals surface area (Å²) in [5.74, 6) is 0.866. The van der Waals surface area contributed by atoms with Crippen molar-refractivity contribution in [3.8, 4) is 0 Å². The van der Waals surface area contributed by atoms with Gasteiger partial charge in [-0.05, 0) is 25.5 Å². The lowest BCUT2D eigenvalue weighted by atomic mass is 10.2. The number of nitrogens with one attached hydrogen (secondary N) is 1. The van der Waals surface area contributed by atoms with Gasteiger partial charge >= 0.3 is 0 Å². The number of rotatable bonds is 4. The monoisotopic (exact) mass is 248 g/mol. The van der Waals surface area contributed by atoms with E-state index < -0.39 is 0 Å². The number of hydrogen-bond donors (Lipinski definition) is 2. The van der Waals surface area contributed by atoms with Gasteiger partial charge in [0, 0.05) is 24.0 Å². The van der Waals surface area contributed by atoms with E-state index in [4.69, 9.17) is 5.73 Å². The van der Waals surface area contributed by atoms with Crippen molar-refractivity contribution < 1.29 is 0 Å². The molecule has 0 saturated carbocycles. The number of aromatic nitrogens is 2. The zero-order valence-electron chi connectivity index (χ0n) is 10.0. The lowest BCUT2D eigenvalue weighted by Gasteiger charge is -2.06. The second-order valence-electron chi connectivity index (χ2n) is 3.99. The summed E-state index contributed by atoms with van der Waals surface area (Å²) in [5.41, 5.74) is 8.58. The zero-order valence-corrected chi connectivity index (χ0v) is 10.8. The topological polar surface area (TPSA) is 63.8 Å². The van der Waals surface area contributed by atoms with Crippen LogP contribution in [0.5, 0.6) is 0 Å². The van der Waals surface area contributed by atoms with Gasteiger partial charge in [0.05, 0.1) is 16.9 Å². The Morgan fingerprint density at radius 2 is 2.24 bits per heavy atom. The molecule has 0 spiro atoms. The number of nitrogens with zero attached hydrogens (tertiary/aromatic N) is 2. The van der Waals surface area contributed by atoms with Crippen molar-refractivity contribution in [1.82, 2.24) is 9.97 Å². The van der Waals surface area contributed by atoms with Gasteiger partial charge < -0.3 is 11.1 Å². The number of thiazole rings is 1. The maximum absolute atomic E-state index is 5.71. The first kappa shape index (κ1) is 11.9. The lowest BCUT2D eigenvalue weighted by molar-refractivity contribution is 0.977. The molecule has 0 aromatic carbocycles.